The van der Waals surface area contributed by atoms with Crippen LogP contribution in [0.1, 0.15) is 50.3 Å². The minimum Gasteiger partial charge on any atom is -0.384 e. The third-order valence-corrected chi connectivity index (χ3v) is 3.91. The molecular formula is C16H25NO. The molecule has 0 aliphatic carbocycles. The van der Waals surface area contributed by atoms with Gasteiger partial charge in [0.25, 0.3) is 0 Å². The molecule has 1 heterocycles. The van der Waals surface area contributed by atoms with Gasteiger partial charge in [-0.25, -0.2) is 0 Å². The highest BCUT2D eigenvalue weighted by molar-refractivity contribution is 5.30. The summed E-state index contributed by atoms with van der Waals surface area (Å²) >= 11 is 0. The average Bonchev–Trinajstić information content (AvgIpc) is 2.40. The first-order valence-electron chi connectivity index (χ1n) is 6.96. The zero-order valence-corrected chi connectivity index (χ0v) is 11.8. The molecule has 1 fully saturated rings. The molecule has 1 aliphatic heterocycles. The van der Waals surface area contributed by atoms with Gasteiger partial charge in [0.2, 0.25) is 0 Å². The molecule has 0 aromatic heterocycles. The summed E-state index contributed by atoms with van der Waals surface area (Å²) in [6.07, 6.45) is 3.92. The molecule has 0 bridgehead atoms. The number of piperidine rings is 1. The summed E-state index contributed by atoms with van der Waals surface area (Å²) in [4.78, 5) is 0. The molecule has 1 aromatic carbocycles. The quantitative estimate of drug-likeness (QED) is 0.880. The van der Waals surface area contributed by atoms with Gasteiger partial charge in [-0.05, 0) is 30.5 Å². The smallest absolute Gasteiger partial charge is 0.0553 e. The molecule has 2 rings (SSSR count). The van der Waals surface area contributed by atoms with Crippen molar-refractivity contribution < 1.29 is 4.74 Å². The normalized spacial score (nSPS) is 20.9. The zero-order valence-electron chi connectivity index (χ0n) is 11.8. The molecule has 1 atom stereocenters. The van der Waals surface area contributed by atoms with E-state index in [0.717, 1.165) is 13.2 Å². The largest absolute Gasteiger partial charge is 0.384 e. The van der Waals surface area contributed by atoms with Gasteiger partial charge in [-0.3, -0.25) is 0 Å². The molecular weight excluding hydrogens is 222 g/mol. The molecule has 1 unspecified atom stereocenters. The third-order valence-electron chi connectivity index (χ3n) is 3.91. The molecule has 18 heavy (non-hydrogen) atoms. The maximum Gasteiger partial charge on any atom is 0.0553 e. The van der Waals surface area contributed by atoms with Crippen LogP contribution in [0.15, 0.2) is 24.3 Å². The van der Waals surface area contributed by atoms with Crippen LogP contribution < -0.4 is 5.32 Å². The van der Waals surface area contributed by atoms with Crippen LogP contribution in [0.4, 0.5) is 0 Å². The van der Waals surface area contributed by atoms with E-state index in [-0.39, 0.29) is 5.41 Å². The van der Waals surface area contributed by atoms with E-state index in [9.17, 15) is 0 Å². The highest BCUT2D eigenvalue weighted by Gasteiger charge is 2.21. The Kier molecular flexibility index (Phi) is 4.41. The molecule has 1 aliphatic rings. The number of hydrogen-bond donors (Lipinski definition) is 1. The zero-order chi connectivity index (χ0) is 13.0. The number of hydrogen-bond acceptors (Lipinski definition) is 2. The van der Waals surface area contributed by atoms with E-state index in [2.05, 4.69) is 43.4 Å². The fourth-order valence-corrected chi connectivity index (χ4v) is 2.75. The Morgan fingerprint density at radius 1 is 1.22 bits per heavy atom. The van der Waals surface area contributed by atoms with Gasteiger partial charge in [0, 0.05) is 18.6 Å². The van der Waals surface area contributed by atoms with Crippen LogP contribution in [0.5, 0.6) is 0 Å². The molecule has 0 spiro atoms. The Hall–Kier alpha value is -0.860. The Balaban J connectivity index is 2.09. The Labute approximate surface area is 111 Å². The lowest BCUT2D eigenvalue weighted by Crippen LogP contribution is -2.27. The lowest BCUT2D eigenvalue weighted by atomic mass is 9.84. The first kappa shape index (κ1) is 13.6. The maximum atomic E-state index is 5.30. The maximum absolute atomic E-state index is 5.30. The second kappa shape index (κ2) is 5.85. The average molecular weight is 247 g/mol. The monoisotopic (exact) mass is 247 g/mol. The van der Waals surface area contributed by atoms with Crippen LogP contribution in [0.2, 0.25) is 0 Å². The fourth-order valence-electron chi connectivity index (χ4n) is 2.75. The van der Waals surface area contributed by atoms with Crippen molar-refractivity contribution in [2.45, 2.75) is 44.6 Å². The van der Waals surface area contributed by atoms with E-state index in [0.29, 0.717) is 6.04 Å². The third kappa shape index (κ3) is 3.12. The van der Waals surface area contributed by atoms with Crippen LogP contribution in [0, 0.1) is 0 Å². The van der Waals surface area contributed by atoms with Gasteiger partial charge in [-0.15, -0.1) is 0 Å². The van der Waals surface area contributed by atoms with Crippen molar-refractivity contribution in [1.82, 2.24) is 5.32 Å². The standard InChI is InChI=1S/C16H25NO/c1-16(2,12-18-3)14-9-7-13(8-10-14)15-6-4-5-11-17-15/h7-10,15,17H,4-6,11-12H2,1-3H3. The summed E-state index contributed by atoms with van der Waals surface area (Å²) < 4.78 is 5.30. The van der Waals surface area contributed by atoms with Crippen LogP contribution in [-0.2, 0) is 10.2 Å². The van der Waals surface area contributed by atoms with Gasteiger partial charge in [-0.1, -0.05) is 44.5 Å². The van der Waals surface area contributed by atoms with Gasteiger partial charge in [0.05, 0.1) is 6.61 Å². The van der Waals surface area contributed by atoms with Crippen LogP contribution in [-0.4, -0.2) is 20.3 Å². The van der Waals surface area contributed by atoms with E-state index >= 15 is 0 Å². The van der Waals surface area contributed by atoms with Gasteiger partial charge >= 0.3 is 0 Å². The van der Waals surface area contributed by atoms with Crippen molar-refractivity contribution in [1.29, 1.82) is 0 Å². The van der Waals surface area contributed by atoms with Crippen molar-refractivity contribution in [3.63, 3.8) is 0 Å². The molecule has 0 radical (unpaired) electrons. The molecule has 1 aromatic rings. The second-order valence-corrected chi connectivity index (χ2v) is 5.94. The van der Waals surface area contributed by atoms with E-state index < -0.39 is 0 Å². The van der Waals surface area contributed by atoms with E-state index in [4.69, 9.17) is 4.74 Å². The SMILES string of the molecule is COCC(C)(C)c1ccc(C2CCCCN2)cc1. The topological polar surface area (TPSA) is 21.3 Å². The number of rotatable bonds is 4. The van der Waals surface area contributed by atoms with E-state index in [1.54, 1.807) is 7.11 Å². The summed E-state index contributed by atoms with van der Waals surface area (Å²) in [6, 6.07) is 9.61. The summed E-state index contributed by atoms with van der Waals surface area (Å²) in [6.45, 7) is 6.37. The Morgan fingerprint density at radius 2 is 1.94 bits per heavy atom. The highest BCUT2D eigenvalue weighted by atomic mass is 16.5. The molecule has 100 valence electrons. The lowest BCUT2D eigenvalue weighted by Gasteiger charge is -2.27. The summed E-state index contributed by atoms with van der Waals surface area (Å²) in [5.41, 5.74) is 2.86. The van der Waals surface area contributed by atoms with E-state index in [1.807, 2.05) is 0 Å². The minimum atomic E-state index is 0.0905. The van der Waals surface area contributed by atoms with Gasteiger partial charge < -0.3 is 10.1 Å². The molecule has 1 saturated heterocycles. The van der Waals surface area contributed by atoms with Crippen molar-refractivity contribution in [3.05, 3.63) is 35.4 Å². The van der Waals surface area contributed by atoms with Crippen molar-refractivity contribution >= 4 is 0 Å². The summed E-state index contributed by atoms with van der Waals surface area (Å²) in [7, 11) is 1.77. The molecule has 2 heteroatoms. The predicted octanol–water partition coefficient (Wildman–Crippen LogP) is 3.43. The minimum absolute atomic E-state index is 0.0905. The first-order chi connectivity index (χ1) is 8.63. The number of methoxy groups -OCH3 is 1. The number of ether oxygens (including phenoxy) is 1. The number of nitrogens with one attached hydrogen (secondary N) is 1. The summed E-state index contributed by atoms with van der Waals surface area (Å²) in [5.74, 6) is 0. The molecule has 2 nitrogen and oxygen atoms in total. The van der Waals surface area contributed by atoms with Crippen molar-refractivity contribution in [3.8, 4) is 0 Å². The lowest BCUT2D eigenvalue weighted by molar-refractivity contribution is 0.146. The molecule has 1 N–H and O–H groups in total. The first-order valence-corrected chi connectivity index (χ1v) is 6.96. The summed E-state index contributed by atoms with van der Waals surface area (Å²) in [5, 5.41) is 3.59. The number of benzene rings is 1. The molecule has 0 saturated carbocycles. The Bertz CT molecular complexity index is 363. The molecule has 0 amide bonds. The van der Waals surface area contributed by atoms with Crippen LogP contribution in [0.25, 0.3) is 0 Å². The van der Waals surface area contributed by atoms with Crippen LogP contribution in [0.3, 0.4) is 0 Å². The van der Waals surface area contributed by atoms with Crippen LogP contribution >= 0.6 is 0 Å². The van der Waals surface area contributed by atoms with Gasteiger partial charge in [0.15, 0.2) is 0 Å². The van der Waals surface area contributed by atoms with Gasteiger partial charge in [-0.2, -0.15) is 0 Å². The van der Waals surface area contributed by atoms with Crippen molar-refractivity contribution in [2.24, 2.45) is 0 Å². The predicted molar refractivity (Wildman–Crippen MR) is 75.9 cm³/mol. The van der Waals surface area contributed by atoms with Crippen molar-refractivity contribution in [2.75, 3.05) is 20.3 Å². The van der Waals surface area contributed by atoms with E-state index in [1.165, 1.54) is 30.4 Å². The fraction of sp³-hybridized carbons (Fsp3) is 0.625. The van der Waals surface area contributed by atoms with Gasteiger partial charge in [0.1, 0.15) is 0 Å². The second-order valence-electron chi connectivity index (χ2n) is 5.94. The highest BCUT2D eigenvalue weighted by Crippen LogP contribution is 2.27. The Morgan fingerprint density at radius 3 is 2.50 bits per heavy atom.